The van der Waals surface area contributed by atoms with Crippen LogP contribution in [0.4, 0.5) is 11.4 Å². The molecule has 2 aliphatic heterocycles. The Hall–Kier alpha value is -1.96. The number of anilines is 2. The maximum absolute atomic E-state index is 12.8. The SMILES string of the molecule is CC1CC(=O)Nc2ccccc2N1C(=O)CNCCN1CCOCC1. The van der Waals surface area contributed by atoms with Crippen LogP contribution in [-0.2, 0) is 14.3 Å². The topological polar surface area (TPSA) is 73.9 Å². The first-order valence-corrected chi connectivity index (χ1v) is 8.87. The van der Waals surface area contributed by atoms with Crippen molar-refractivity contribution < 1.29 is 14.3 Å². The van der Waals surface area contributed by atoms with Gasteiger partial charge in [-0.05, 0) is 19.1 Å². The third kappa shape index (κ3) is 4.56. The molecule has 136 valence electrons. The maximum Gasteiger partial charge on any atom is 0.241 e. The minimum absolute atomic E-state index is 0.0153. The van der Waals surface area contributed by atoms with Gasteiger partial charge in [0.25, 0.3) is 0 Å². The summed E-state index contributed by atoms with van der Waals surface area (Å²) in [5.74, 6) is -0.0750. The van der Waals surface area contributed by atoms with Crippen LogP contribution in [0.5, 0.6) is 0 Å². The summed E-state index contributed by atoms with van der Waals surface area (Å²) in [6.07, 6.45) is 0.300. The smallest absolute Gasteiger partial charge is 0.241 e. The van der Waals surface area contributed by atoms with Crippen molar-refractivity contribution in [1.82, 2.24) is 10.2 Å². The second-order valence-electron chi connectivity index (χ2n) is 6.51. The zero-order chi connectivity index (χ0) is 17.6. The van der Waals surface area contributed by atoms with Gasteiger partial charge in [-0.25, -0.2) is 0 Å². The summed E-state index contributed by atoms with van der Waals surface area (Å²) < 4.78 is 5.33. The third-order valence-electron chi connectivity index (χ3n) is 4.61. The van der Waals surface area contributed by atoms with Crippen molar-refractivity contribution in [3.8, 4) is 0 Å². The van der Waals surface area contributed by atoms with Crippen LogP contribution >= 0.6 is 0 Å². The molecule has 2 heterocycles. The van der Waals surface area contributed by atoms with Crippen LogP contribution in [0.25, 0.3) is 0 Å². The van der Waals surface area contributed by atoms with Crippen molar-refractivity contribution in [2.75, 3.05) is 56.2 Å². The fourth-order valence-electron chi connectivity index (χ4n) is 3.31. The van der Waals surface area contributed by atoms with E-state index in [2.05, 4.69) is 15.5 Å². The van der Waals surface area contributed by atoms with Crippen LogP contribution in [0.1, 0.15) is 13.3 Å². The lowest BCUT2D eigenvalue weighted by Crippen LogP contribution is -2.46. The number of para-hydroxylation sites is 2. The first-order chi connectivity index (χ1) is 12.1. The van der Waals surface area contributed by atoms with E-state index < -0.39 is 0 Å². The maximum atomic E-state index is 12.8. The van der Waals surface area contributed by atoms with Crippen LogP contribution in [0.3, 0.4) is 0 Å². The van der Waals surface area contributed by atoms with E-state index in [-0.39, 0.29) is 24.4 Å². The van der Waals surface area contributed by atoms with Gasteiger partial charge < -0.3 is 20.3 Å². The second kappa shape index (κ2) is 8.42. The molecule has 0 aromatic heterocycles. The van der Waals surface area contributed by atoms with Gasteiger partial charge in [-0.3, -0.25) is 14.5 Å². The van der Waals surface area contributed by atoms with E-state index in [0.29, 0.717) is 12.1 Å². The molecule has 3 rings (SSSR count). The molecule has 7 nitrogen and oxygen atoms in total. The van der Waals surface area contributed by atoms with Gasteiger partial charge in [0.05, 0.1) is 31.1 Å². The highest BCUT2D eigenvalue weighted by Crippen LogP contribution is 2.31. The number of rotatable bonds is 5. The molecule has 0 radical (unpaired) electrons. The quantitative estimate of drug-likeness (QED) is 0.767. The molecule has 1 unspecified atom stereocenters. The normalized spacial score (nSPS) is 21.4. The van der Waals surface area contributed by atoms with E-state index >= 15 is 0 Å². The highest BCUT2D eigenvalue weighted by Gasteiger charge is 2.29. The van der Waals surface area contributed by atoms with E-state index in [9.17, 15) is 9.59 Å². The fraction of sp³-hybridized carbons (Fsp3) is 0.556. The Bertz CT molecular complexity index is 616. The van der Waals surface area contributed by atoms with Crippen LogP contribution in [0.15, 0.2) is 24.3 Å². The highest BCUT2D eigenvalue weighted by atomic mass is 16.5. The molecule has 1 aromatic carbocycles. The highest BCUT2D eigenvalue weighted by molar-refractivity contribution is 6.04. The van der Waals surface area contributed by atoms with Crippen LogP contribution in [-0.4, -0.2) is 68.7 Å². The number of amides is 2. The number of ether oxygens (including phenoxy) is 1. The fourth-order valence-corrected chi connectivity index (χ4v) is 3.31. The minimum Gasteiger partial charge on any atom is -0.379 e. The van der Waals surface area contributed by atoms with Gasteiger partial charge >= 0.3 is 0 Å². The van der Waals surface area contributed by atoms with Crippen molar-refractivity contribution >= 4 is 23.2 Å². The van der Waals surface area contributed by atoms with Gasteiger partial charge in [-0.15, -0.1) is 0 Å². The summed E-state index contributed by atoms with van der Waals surface area (Å²) in [5, 5.41) is 6.11. The molecular formula is C18H26N4O3. The number of carbonyl (C=O) groups is 2. The van der Waals surface area contributed by atoms with Gasteiger partial charge in [-0.1, -0.05) is 12.1 Å². The molecule has 2 amide bonds. The Morgan fingerprint density at radius 3 is 2.88 bits per heavy atom. The van der Waals surface area contributed by atoms with Crippen molar-refractivity contribution in [2.45, 2.75) is 19.4 Å². The standard InChI is InChI=1S/C18H26N4O3/c1-14-12-17(23)20-15-4-2-3-5-16(15)22(14)18(24)13-19-6-7-21-8-10-25-11-9-21/h2-5,14,19H,6-13H2,1H3,(H,20,23). The van der Waals surface area contributed by atoms with Crippen molar-refractivity contribution in [3.63, 3.8) is 0 Å². The molecule has 0 saturated carbocycles. The van der Waals surface area contributed by atoms with Crippen LogP contribution in [0, 0.1) is 0 Å². The Morgan fingerprint density at radius 2 is 2.08 bits per heavy atom. The van der Waals surface area contributed by atoms with E-state index in [1.165, 1.54) is 0 Å². The van der Waals surface area contributed by atoms with Gasteiger partial charge in [0.1, 0.15) is 0 Å². The molecule has 1 atom stereocenters. The largest absolute Gasteiger partial charge is 0.379 e. The predicted molar refractivity (Wildman–Crippen MR) is 96.8 cm³/mol. The molecule has 0 aliphatic carbocycles. The number of fused-ring (bicyclic) bond motifs is 1. The number of morpholine rings is 1. The third-order valence-corrected chi connectivity index (χ3v) is 4.61. The Labute approximate surface area is 148 Å². The van der Waals surface area contributed by atoms with E-state index in [1.807, 2.05) is 31.2 Å². The summed E-state index contributed by atoms with van der Waals surface area (Å²) in [4.78, 5) is 28.8. The van der Waals surface area contributed by atoms with E-state index in [4.69, 9.17) is 4.74 Å². The summed E-state index contributed by atoms with van der Waals surface area (Å²) in [5.41, 5.74) is 1.46. The Morgan fingerprint density at radius 1 is 1.32 bits per heavy atom. The zero-order valence-electron chi connectivity index (χ0n) is 14.7. The Kier molecular flexibility index (Phi) is 6.01. The average Bonchev–Trinajstić information content (AvgIpc) is 2.73. The number of hydrogen-bond acceptors (Lipinski definition) is 5. The molecule has 1 aromatic rings. The number of hydrogen-bond donors (Lipinski definition) is 2. The van der Waals surface area contributed by atoms with Gasteiger partial charge in [0.2, 0.25) is 11.8 Å². The first-order valence-electron chi connectivity index (χ1n) is 8.87. The number of nitrogens with one attached hydrogen (secondary N) is 2. The number of nitrogens with zero attached hydrogens (tertiary/aromatic N) is 2. The molecule has 0 spiro atoms. The number of benzene rings is 1. The summed E-state index contributed by atoms with van der Waals surface area (Å²) in [6.45, 7) is 7.28. The summed E-state index contributed by atoms with van der Waals surface area (Å²) >= 11 is 0. The van der Waals surface area contributed by atoms with Gasteiger partial charge in [0, 0.05) is 38.6 Å². The molecular weight excluding hydrogens is 320 g/mol. The monoisotopic (exact) mass is 346 g/mol. The van der Waals surface area contributed by atoms with Crippen LogP contribution in [0.2, 0.25) is 0 Å². The summed E-state index contributed by atoms with van der Waals surface area (Å²) in [6, 6.07) is 7.28. The first kappa shape index (κ1) is 17.8. The van der Waals surface area contributed by atoms with E-state index in [1.54, 1.807) is 4.90 Å². The molecule has 1 saturated heterocycles. The van der Waals surface area contributed by atoms with Crippen molar-refractivity contribution in [1.29, 1.82) is 0 Å². The van der Waals surface area contributed by atoms with Crippen molar-refractivity contribution in [3.05, 3.63) is 24.3 Å². The average molecular weight is 346 g/mol. The van der Waals surface area contributed by atoms with Gasteiger partial charge in [-0.2, -0.15) is 0 Å². The lowest BCUT2D eigenvalue weighted by molar-refractivity contribution is -0.118. The lowest BCUT2D eigenvalue weighted by atomic mass is 10.1. The lowest BCUT2D eigenvalue weighted by Gasteiger charge is -2.29. The van der Waals surface area contributed by atoms with Gasteiger partial charge in [0.15, 0.2) is 0 Å². The van der Waals surface area contributed by atoms with Crippen LogP contribution < -0.4 is 15.5 Å². The Balaban J connectivity index is 1.57. The predicted octanol–water partition coefficient (Wildman–Crippen LogP) is 0.672. The zero-order valence-corrected chi connectivity index (χ0v) is 14.7. The number of carbonyl (C=O) groups excluding carboxylic acids is 2. The molecule has 2 N–H and O–H groups in total. The molecule has 1 fully saturated rings. The molecule has 25 heavy (non-hydrogen) atoms. The molecule has 0 bridgehead atoms. The van der Waals surface area contributed by atoms with Crippen molar-refractivity contribution in [2.24, 2.45) is 0 Å². The van der Waals surface area contributed by atoms with E-state index in [0.717, 1.165) is 45.1 Å². The molecule has 7 heteroatoms. The minimum atomic E-state index is -0.169. The molecule has 2 aliphatic rings. The summed E-state index contributed by atoms with van der Waals surface area (Å²) in [7, 11) is 0. The second-order valence-corrected chi connectivity index (χ2v) is 6.51.